The molecular formula is C7H4F4N2O. The molecule has 0 aliphatic heterocycles. The van der Waals surface area contributed by atoms with E-state index in [1.807, 2.05) is 0 Å². The number of primary amides is 1. The van der Waals surface area contributed by atoms with Crippen molar-refractivity contribution in [1.82, 2.24) is 4.98 Å². The summed E-state index contributed by atoms with van der Waals surface area (Å²) in [5.74, 6) is -4.32. The second kappa shape index (κ2) is 3.60. The van der Waals surface area contributed by atoms with Crippen molar-refractivity contribution in [3.8, 4) is 0 Å². The highest BCUT2D eigenvalue weighted by Crippen LogP contribution is 2.24. The topological polar surface area (TPSA) is 56.0 Å². The Labute approximate surface area is 75.5 Å². The number of carbonyl (C=O) groups excluding carboxylic acids is 1. The normalized spacial score (nSPS) is 10.6. The van der Waals surface area contributed by atoms with Gasteiger partial charge in [0.1, 0.15) is 11.5 Å². The van der Waals surface area contributed by atoms with Crippen molar-refractivity contribution in [1.29, 1.82) is 0 Å². The summed E-state index contributed by atoms with van der Waals surface area (Å²) in [5, 5.41) is 0. The van der Waals surface area contributed by atoms with E-state index in [1.165, 1.54) is 0 Å². The van der Waals surface area contributed by atoms with Crippen LogP contribution in [-0.2, 0) is 0 Å². The molecule has 0 fully saturated rings. The van der Waals surface area contributed by atoms with Crippen molar-refractivity contribution < 1.29 is 22.4 Å². The summed E-state index contributed by atoms with van der Waals surface area (Å²) in [6.45, 7) is 0. The van der Waals surface area contributed by atoms with Crippen LogP contribution in [0.4, 0.5) is 17.6 Å². The Morgan fingerprint density at radius 3 is 2.43 bits per heavy atom. The fraction of sp³-hybridized carbons (Fsp3) is 0.143. The van der Waals surface area contributed by atoms with E-state index < -0.39 is 35.4 Å². The van der Waals surface area contributed by atoms with Gasteiger partial charge in [0.05, 0.1) is 5.56 Å². The number of alkyl halides is 2. The number of carbonyl (C=O) groups is 1. The van der Waals surface area contributed by atoms with Gasteiger partial charge < -0.3 is 5.73 Å². The number of hydrogen-bond donors (Lipinski definition) is 1. The van der Waals surface area contributed by atoms with E-state index in [2.05, 4.69) is 10.7 Å². The highest BCUT2D eigenvalue weighted by atomic mass is 19.3. The molecule has 0 spiro atoms. The van der Waals surface area contributed by atoms with Gasteiger partial charge in [0, 0.05) is 6.07 Å². The maximum atomic E-state index is 12.8. The van der Waals surface area contributed by atoms with Crippen molar-refractivity contribution in [2.24, 2.45) is 5.73 Å². The van der Waals surface area contributed by atoms with Gasteiger partial charge in [-0.1, -0.05) is 0 Å². The first-order valence-electron chi connectivity index (χ1n) is 3.37. The van der Waals surface area contributed by atoms with Crippen molar-refractivity contribution in [3.05, 3.63) is 29.1 Å². The molecule has 0 atom stereocenters. The first-order valence-corrected chi connectivity index (χ1v) is 3.37. The van der Waals surface area contributed by atoms with Crippen molar-refractivity contribution in [2.75, 3.05) is 0 Å². The molecule has 1 aromatic heterocycles. The first kappa shape index (κ1) is 10.4. The first-order chi connectivity index (χ1) is 6.43. The van der Waals surface area contributed by atoms with Crippen molar-refractivity contribution in [3.63, 3.8) is 0 Å². The highest BCUT2D eigenvalue weighted by molar-refractivity contribution is 5.92. The fourth-order valence-electron chi connectivity index (χ4n) is 0.890. The van der Waals surface area contributed by atoms with Crippen LogP contribution in [0.25, 0.3) is 0 Å². The minimum absolute atomic E-state index is 0.161. The predicted molar refractivity (Wildman–Crippen MR) is 37.6 cm³/mol. The smallest absolute Gasteiger partial charge is 0.268 e. The Morgan fingerprint density at radius 1 is 1.43 bits per heavy atom. The lowest BCUT2D eigenvalue weighted by Gasteiger charge is -2.05. The maximum absolute atomic E-state index is 12.8. The molecule has 76 valence electrons. The quantitative estimate of drug-likeness (QED) is 0.589. The summed E-state index contributed by atoms with van der Waals surface area (Å²) in [6, 6.07) is 0.161. The molecule has 1 aromatic rings. The molecule has 0 aromatic carbocycles. The molecule has 2 N–H and O–H groups in total. The largest absolute Gasteiger partial charge is 0.364 e. The third-order valence-electron chi connectivity index (χ3n) is 1.43. The van der Waals surface area contributed by atoms with Crippen molar-refractivity contribution >= 4 is 5.91 Å². The van der Waals surface area contributed by atoms with E-state index in [4.69, 9.17) is 0 Å². The van der Waals surface area contributed by atoms with Crippen LogP contribution in [0.1, 0.15) is 22.5 Å². The number of hydrogen-bond acceptors (Lipinski definition) is 2. The molecule has 1 amide bonds. The van der Waals surface area contributed by atoms with Gasteiger partial charge in [0.2, 0.25) is 5.95 Å². The second-order valence-corrected chi connectivity index (χ2v) is 2.35. The molecule has 0 bridgehead atoms. The average Bonchev–Trinajstić information content (AvgIpc) is 2.01. The second-order valence-electron chi connectivity index (χ2n) is 2.35. The number of nitrogens with zero attached hydrogens (tertiary/aromatic N) is 1. The van der Waals surface area contributed by atoms with Gasteiger partial charge in [-0.15, -0.1) is 0 Å². The van der Waals surface area contributed by atoms with Crippen LogP contribution in [0.15, 0.2) is 6.07 Å². The van der Waals surface area contributed by atoms with E-state index >= 15 is 0 Å². The SMILES string of the molecule is NC(=O)c1nc(F)cc(F)c1C(F)F. The van der Waals surface area contributed by atoms with E-state index in [0.717, 1.165) is 0 Å². The monoisotopic (exact) mass is 208 g/mol. The van der Waals surface area contributed by atoms with Crippen LogP contribution >= 0.6 is 0 Å². The van der Waals surface area contributed by atoms with E-state index in [-0.39, 0.29) is 6.07 Å². The Bertz CT molecular complexity index is 380. The van der Waals surface area contributed by atoms with Crippen LogP contribution in [0.2, 0.25) is 0 Å². The van der Waals surface area contributed by atoms with Crippen molar-refractivity contribution in [2.45, 2.75) is 6.43 Å². The molecule has 0 aliphatic rings. The highest BCUT2D eigenvalue weighted by Gasteiger charge is 2.24. The summed E-state index contributed by atoms with van der Waals surface area (Å²) in [6.07, 6.45) is -3.27. The number of halogens is 4. The Balaban J connectivity index is 3.44. The zero-order valence-electron chi connectivity index (χ0n) is 6.60. The minimum atomic E-state index is -3.27. The summed E-state index contributed by atoms with van der Waals surface area (Å²) in [4.78, 5) is 13.3. The van der Waals surface area contributed by atoms with Crippen LogP contribution in [0.3, 0.4) is 0 Å². The van der Waals surface area contributed by atoms with E-state index in [0.29, 0.717) is 0 Å². The lowest BCUT2D eigenvalue weighted by molar-refractivity contribution is 0.0974. The lowest BCUT2D eigenvalue weighted by Crippen LogP contribution is -2.18. The Hall–Kier alpha value is -1.66. The Morgan fingerprint density at radius 2 is 2.00 bits per heavy atom. The summed E-state index contributed by atoms with van der Waals surface area (Å²) < 4.78 is 49.5. The summed E-state index contributed by atoms with van der Waals surface area (Å²) in [7, 11) is 0. The molecule has 0 aliphatic carbocycles. The number of rotatable bonds is 2. The van der Waals surface area contributed by atoms with Gasteiger partial charge in [-0.3, -0.25) is 4.79 Å². The number of aromatic nitrogens is 1. The number of pyridine rings is 1. The van der Waals surface area contributed by atoms with Gasteiger partial charge in [-0.25, -0.2) is 18.2 Å². The third-order valence-corrected chi connectivity index (χ3v) is 1.43. The molecule has 0 unspecified atom stereocenters. The molecule has 1 rings (SSSR count). The summed E-state index contributed by atoms with van der Waals surface area (Å²) in [5.41, 5.74) is 2.26. The molecule has 0 saturated carbocycles. The fourth-order valence-corrected chi connectivity index (χ4v) is 0.890. The van der Waals surface area contributed by atoms with Gasteiger partial charge in [0.15, 0.2) is 0 Å². The molecule has 0 radical (unpaired) electrons. The van der Waals surface area contributed by atoms with Crippen LogP contribution < -0.4 is 5.73 Å². The molecule has 1 heterocycles. The molecular weight excluding hydrogens is 204 g/mol. The molecule has 0 saturated heterocycles. The van der Waals surface area contributed by atoms with E-state index in [9.17, 15) is 22.4 Å². The molecule has 14 heavy (non-hydrogen) atoms. The Kier molecular flexibility index (Phi) is 2.68. The molecule has 7 heteroatoms. The van der Waals surface area contributed by atoms with Crippen LogP contribution in [0, 0.1) is 11.8 Å². The minimum Gasteiger partial charge on any atom is -0.364 e. The van der Waals surface area contributed by atoms with Crippen LogP contribution in [0.5, 0.6) is 0 Å². The maximum Gasteiger partial charge on any atom is 0.268 e. The van der Waals surface area contributed by atoms with Crippen LogP contribution in [-0.4, -0.2) is 10.9 Å². The van der Waals surface area contributed by atoms with Gasteiger partial charge in [-0.05, 0) is 0 Å². The van der Waals surface area contributed by atoms with Gasteiger partial charge in [0.25, 0.3) is 12.3 Å². The number of nitrogens with two attached hydrogens (primary N) is 1. The van der Waals surface area contributed by atoms with E-state index in [1.54, 1.807) is 0 Å². The third kappa shape index (κ3) is 1.81. The zero-order chi connectivity index (χ0) is 10.9. The number of amides is 1. The summed E-state index contributed by atoms with van der Waals surface area (Å²) >= 11 is 0. The predicted octanol–water partition coefficient (Wildman–Crippen LogP) is 1.40. The molecule has 3 nitrogen and oxygen atoms in total. The van der Waals surface area contributed by atoms with Gasteiger partial charge >= 0.3 is 0 Å². The van der Waals surface area contributed by atoms with Gasteiger partial charge in [-0.2, -0.15) is 4.39 Å². The average molecular weight is 208 g/mol. The standard InChI is InChI=1S/C7H4F4N2O/c8-2-1-3(9)13-5(7(12)14)4(2)6(10)11/h1,6H,(H2,12,14). The zero-order valence-corrected chi connectivity index (χ0v) is 6.60. The lowest BCUT2D eigenvalue weighted by atomic mass is 10.2.